The van der Waals surface area contributed by atoms with Crippen LogP contribution in [-0.4, -0.2) is 50.0 Å². The summed E-state index contributed by atoms with van der Waals surface area (Å²) in [5.41, 5.74) is 11.8. The highest BCUT2D eigenvalue weighted by molar-refractivity contribution is 8.02. The number of thioether (sulfide) groups is 1. The smallest absolute Gasteiger partial charge is 0.214 e. The summed E-state index contributed by atoms with van der Waals surface area (Å²) in [5.74, 6) is -0.664. The van der Waals surface area contributed by atoms with Crippen LogP contribution in [0.15, 0.2) is 64.8 Å². The Hall–Kier alpha value is -3.27. The van der Waals surface area contributed by atoms with E-state index < -0.39 is 11.6 Å². The second-order valence-corrected chi connectivity index (χ2v) is 7.25. The third kappa shape index (κ3) is 9.25. The Labute approximate surface area is 192 Å². The summed E-state index contributed by atoms with van der Waals surface area (Å²) >= 11 is 1.34. The van der Waals surface area contributed by atoms with Gasteiger partial charge < -0.3 is 26.0 Å². The first kappa shape index (κ1) is 28.7. The van der Waals surface area contributed by atoms with Crippen molar-refractivity contribution < 1.29 is 23.1 Å². The topological polar surface area (TPSA) is 102 Å². The average molecular weight is 469 g/mol. The molecule has 176 valence electrons. The fourth-order valence-electron chi connectivity index (χ4n) is 2.21. The third-order valence-corrected chi connectivity index (χ3v) is 4.94. The summed E-state index contributed by atoms with van der Waals surface area (Å²) < 4.78 is 31.9. The van der Waals surface area contributed by atoms with Gasteiger partial charge in [-0.2, -0.15) is 0 Å². The van der Waals surface area contributed by atoms with Crippen molar-refractivity contribution in [1.29, 1.82) is 0 Å². The van der Waals surface area contributed by atoms with Crippen molar-refractivity contribution >= 4 is 24.5 Å². The third-order valence-electron chi connectivity index (χ3n) is 4.02. The lowest BCUT2D eigenvalue weighted by Gasteiger charge is -2.23. The van der Waals surface area contributed by atoms with Gasteiger partial charge in [-0.15, -0.1) is 11.8 Å². The largest absolute Gasteiger partial charge is 0.483 e. The first-order valence-electron chi connectivity index (χ1n) is 9.22. The van der Waals surface area contributed by atoms with Crippen LogP contribution in [0, 0.1) is 11.6 Å². The van der Waals surface area contributed by atoms with Gasteiger partial charge in [0.1, 0.15) is 17.5 Å². The van der Waals surface area contributed by atoms with Crippen LogP contribution in [-0.2, 0) is 20.9 Å². The highest BCUT2D eigenvalue weighted by Crippen LogP contribution is 2.26. The monoisotopic (exact) mass is 468 g/mol. The number of rotatable bonds is 10. The van der Waals surface area contributed by atoms with Crippen molar-refractivity contribution in [3.8, 4) is 0 Å². The SMILES string of the molecule is C=C(C)/C(C=O)=C(\SC)N(C)Cc1c(F)cccc1F.CO/C(N)=C/C=C(\N)N(C)C=O. The molecule has 0 saturated carbocycles. The summed E-state index contributed by atoms with van der Waals surface area (Å²) in [5, 5.41) is 0.634. The van der Waals surface area contributed by atoms with Crippen LogP contribution in [0.2, 0.25) is 0 Å². The summed E-state index contributed by atoms with van der Waals surface area (Å²) in [6.07, 6.45) is 6.06. The Balaban J connectivity index is 0.000000687. The predicted octanol–water partition coefficient (Wildman–Crippen LogP) is 3.07. The molecule has 0 aliphatic carbocycles. The van der Waals surface area contributed by atoms with E-state index in [0.29, 0.717) is 34.7 Å². The molecule has 0 bridgehead atoms. The second kappa shape index (κ2) is 14.7. The first-order valence-corrected chi connectivity index (χ1v) is 10.4. The van der Waals surface area contributed by atoms with E-state index in [4.69, 9.17) is 11.5 Å². The number of nitrogens with two attached hydrogens (primary N) is 2. The number of allylic oxidation sites excluding steroid dienone is 4. The molecule has 0 aromatic heterocycles. The molecule has 0 heterocycles. The Morgan fingerprint density at radius 1 is 1.19 bits per heavy atom. The van der Waals surface area contributed by atoms with Crippen LogP contribution in [0.3, 0.4) is 0 Å². The molecule has 0 saturated heterocycles. The summed E-state index contributed by atoms with van der Waals surface area (Å²) in [4.78, 5) is 24.2. The van der Waals surface area contributed by atoms with Crippen molar-refractivity contribution in [3.63, 3.8) is 0 Å². The van der Waals surface area contributed by atoms with Gasteiger partial charge in [-0.25, -0.2) is 8.78 Å². The van der Waals surface area contributed by atoms with Crippen molar-refractivity contribution in [3.05, 3.63) is 82.0 Å². The Kier molecular flexibility index (Phi) is 13.2. The Morgan fingerprint density at radius 2 is 1.75 bits per heavy atom. The minimum absolute atomic E-state index is 0.0199. The standard InChI is InChI=1S/C15H17F2NOS.C7H13N3O2/c1-10(2)12(9-19)15(20-4)18(3)8-11-13(16)6-5-7-14(11)17;1-10(5-11)6(8)3-4-7(9)12-2/h5-7,9H,1,8H2,2-4H3;3-5H,8-9H2,1-2H3/b15-12-;6-3+,7-4+. The highest BCUT2D eigenvalue weighted by atomic mass is 32.2. The second-order valence-electron chi connectivity index (χ2n) is 6.46. The van der Waals surface area contributed by atoms with Crippen molar-refractivity contribution in [2.45, 2.75) is 13.5 Å². The average Bonchev–Trinajstić information content (AvgIpc) is 2.77. The number of benzene rings is 1. The van der Waals surface area contributed by atoms with E-state index in [1.807, 2.05) is 0 Å². The molecule has 4 N–H and O–H groups in total. The Bertz CT molecular complexity index is 881. The minimum atomic E-state index is -0.597. The maximum Gasteiger partial charge on any atom is 0.214 e. The van der Waals surface area contributed by atoms with Gasteiger partial charge in [-0.3, -0.25) is 9.59 Å². The molecule has 1 amide bonds. The fraction of sp³-hybridized carbons (Fsp3) is 0.273. The van der Waals surface area contributed by atoms with E-state index in [9.17, 15) is 18.4 Å². The number of amides is 1. The van der Waals surface area contributed by atoms with E-state index >= 15 is 0 Å². The van der Waals surface area contributed by atoms with E-state index in [-0.39, 0.29) is 18.0 Å². The van der Waals surface area contributed by atoms with E-state index in [0.717, 1.165) is 0 Å². The zero-order chi connectivity index (χ0) is 24.8. The molecule has 7 nitrogen and oxygen atoms in total. The lowest BCUT2D eigenvalue weighted by atomic mass is 10.1. The molecule has 0 unspecified atom stereocenters. The molecular weight excluding hydrogens is 438 g/mol. The number of methoxy groups -OCH3 is 1. The molecule has 1 rings (SSSR count). The van der Waals surface area contributed by atoms with Crippen molar-refractivity contribution in [2.75, 3.05) is 27.5 Å². The van der Waals surface area contributed by atoms with Crippen molar-refractivity contribution in [1.82, 2.24) is 9.80 Å². The molecule has 0 aliphatic heterocycles. The quantitative estimate of drug-likeness (QED) is 0.235. The molecule has 0 spiro atoms. The zero-order valence-electron chi connectivity index (χ0n) is 18.9. The van der Waals surface area contributed by atoms with Crippen LogP contribution in [0.25, 0.3) is 0 Å². The molecule has 0 aliphatic rings. The lowest BCUT2D eigenvalue weighted by molar-refractivity contribution is -0.115. The minimum Gasteiger partial charge on any atom is -0.483 e. The maximum absolute atomic E-state index is 13.6. The lowest BCUT2D eigenvalue weighted by Crippen LogP contribution is -2.21. The normalized spacial score (nSPS) is 12.1. The molecule has 1 aromatic rings. The van der Waals surface area contributed by atoms with Crippen molar-refractivity contribution in [2.24, 2.45) is 11.5 Å². The number of carbonyl (C=O) groups excluding carboxylic acids is 2. The van der Waals surface area contributed by atoms with Crippen LogP contribution >= 0.6 is 11.8 Å². The number of halogens is 2. The number of aldehydes is 1. The van der Waals surface area contributed by atoms with Crippen LogP contribution in [0.5, 0.6) is 0 Å². The molecule has 1 aromatic carbocycles. The number of hydrogen-bond donors (Lipinski definition) is 2. The van der Waals surface area contributed by atoms with E-state index in [1.165, 1.54) is 61.2 Å². The van der Waals surface area contributed by atoms with Crippen LogP contribution in [0.4, 0.5) is 8.78 Å². The molecule has 0 atom stereocenters. The van der Waals surface area contributed by atoms with Gasteiger partial charge in [0.25, 0.3) is 0 Å². The van der Waals surface area contributed by atoms with Gasteiger partial charge in [-0.05, 0) is 37.0 Å². The van der Waals surface area contributed by atoms with Gasteiger partial charge in [0.05, 0.1) is 12.1 Å². The first-order chi connectivity index (χ1) is 15.0. The fourth-order valence-corrected chi connectivity index (χ4v) is 3.03. The molecular formula is C22H30F2N4O3S. The highest BCUT2D eigenvalue weighted by Gasteiger charge is 2.16. The van der Waals surface area contributed by atoms with E-state index in [1.54, 1.807) is 25.1 Å². The van der Waals surface area contributed by atoms with Gasteiger partial charge >= 0.3 is 0 Å². The van der Waals surface area contributed by atoms with Crippen LogP contribution < -0.4 is 11.5 Å². The van der Waals surface area contributed by atoms with Gasteiger partial charge in [0, 0.05) is 37.9 Å². The van der Waals surface area contributed by atoms with E-state index in [2.05, 4.69) is 11.3 Å². The summed E-state index contributed by atoms with van der Waals surface area (Å²) in [6.45, 7) is 5.50. The van der Waals surface area contributed by atoms with Crippen LogP contribution in [0.1, 0.15) is 12.5 Å². The van der Waals surface area contributed by atoms with Gasteiger partial charge in [0.15, 0.2) is 12.2 Å². The zero-order valence-corrected chi connectivity index (χ0v) is 19.7. The predicted molar refractivity (Wildman–Crippen MR) is 125 cm³/mol. The molecule has 10 heteroatoms. The summed E-state index contributed by atoms with van der Waals surface area (Å²) in [7, 11) is 4.67. The van der Waals surface area contributed by atoms with Gasteiger partial charge in [-0.1, -0.05) is 12.6 Å². The molecule has 0 fully saturated rings. The summed E-state index contributed by atoms with van der Waals surface area (Å²) in [6, 6.07) is 3.76. The number of hydrogen-bond acceptors (Lipinski definition) is 7. The number of carbonyl (C=O) groups is 2. The Morgan fingerprint density at radius 3 is 2.16 bits per heavy atom. The molecule has 0 radical (unpaired) electrons. The number of ether oxygens (including phenoxy) is 1. The molecule has 32 heavy (non-hydrogen) atoms. The maximum atomic E-state index is 13.6. The van der Waals surface area contributed by atoms with Gasteiger partial charge in [0.2, 0.25) is 6.41 Å². The number of nitrogens with zero attached hydrogens (tertiary/aromatic N) is 2.